The second-order valence-corrected chi connectivity index (χ2v) is 18.9. The number of aliphatic hydroxyl groups excluding tert-OH is 2. The van der Waals surface area contributed by atoms with Gasteiger partial charge in [-0.1, -0.05) is 56.3 Å². The van der Waals surface area contributed by atoms with Crippen LogP contribution in [0.5, 0.6) is 0 Å². The van der Waals surface area contributed by atoms with Crippen molar-refractivity contribution in [2.24, 2.45) is 28.6 Å². The molecular weight excluding hydrogens is 845 g/mol. The molecule has 0 radical (unpaired) electrons. The summed E-state index contributed by atoms with van der Waals surface area (Å²) in [6, 6.07) is 13.6. The number of fused-ring (bicyclic) bond motifs is 7. The lowest BCUT2D eigenvalue weighted by Gasteiger charge is -2.63. The Morgan fingerprint density at radius 3 is 2.35 bits per heavy atom. The number of nitrogens with one attached hydrogen (secondary N) is 2. The molecule has 0 bridgehead atoms. The Morgan fingerprint density at radius 2 is 1.66 bits per heavy atom. The van der Waals surface area contributed by atoms with E-state index in [1.807, 2.05) is 24.3 Å². The Hall–Kier alpha value is -5.55. The molecule has 1 saturated heterocycles. The van der Waals surface area contributed by atoms with Crippen molar-refractivity contribution in [3.8, 4) is 0 Å². The summed E-state index contributed by atoms with van der Waals surface area (Å²) in [5.41, 5.74) is -4.11. The van der Waals surface area contributed by atoms with Gasteiger partial charge in [-0.25, -0.2) is 8.78 Å². The number of alkyl halides is 2. The second-order valence-electron chi connectivity index (χ2n) is 18.9. The van der Waals surface area contributed by atoms with E-state index in [9.17, 15) is 43.8 Å². The topological polar surface area (TPSA) is 206 Å². The molecule has 2 aromatic carbocycles. The number of hydrogen-bond acceptors (Lipinski definition) is 11. The summed E-state index contributed by atoms with van der Waals surface area (Å²) in [6.07, 6.45) is 0.406. The normalized spacial score (nSPS) is 34.2. The van der Waals surface area contributed by atoms with Crippen LogP contribution in [0.3, 0.4) is 0 Å². The zero-order valence-corrected chi connectivity index (χ0v) is 36.6. The minimum absolute atomic E-state index is 0.000820. The van der Waals surface area contributed by atoms with E-state index < -0.39 is 112 Å². The van der Waals surface area contributed by atoms with Gasteiger partial charge in [-0.3, -0.25) is 38.5 Å². The number of anilines is 1. The fraction of sp³-hybridized carbons (Fsp3) is 0.490. The second kappa shape index (κ2) is 17.0. The number of carbonyl (C=O) groups excluding carboxylic acids is 7. The molecule has 2 aromatic rings. The van der Waals surface area contributed by atoms with Gasteiger partial charge in [0, 0.05) is 65.5 Å². The molecule has 16 heteroatoms. The number of imide groups is 1. The fourth-order valence-corrected chi connectivity index (χ4v) is 11.6. The van der Waals surface area contributed by atoms with Gasteiger partial charge in [0.2, 0.25) is 11.8 Å². The summed E-state index contributed by atoms with van der Waals surface area (Å²) in [5, 5.41) is 27.5. The van der Waals surface area contributed by atoms with Crippen LogP contribution in [0.4, 0.5) is 14.5 Å². The van der Waals surface area contributed by atoms with Crippen LogP contribution in [0, 0.1) is 28.6 Å². The van der Waals surface area contributed by atoms with Crippen LogP contribution in [0.15, 0.2) is 84.5 Å². The van der Waals surface area contributed by atoms with Crippen LogP contribution in [-0.2, 0) is 49.5 Å². The molecule has 0 spiro atoms. The van der Waals surface area contributed by atoms with Crippen LogP contribution in [-0.4, -0.2) is 105 Å². The van der Waals surface area contributed by atoms with Crippen molar-refractivity contribution < 1.29 is 62.0 Å². The summed E-state index contributed by atoms with van der Waals surface area (Å²) in [6.45, 7) is 5.35. The Kier molecular flexibility index (Phi) is 12.0. The molecule has 6 aliphatic rings. The molecule has 14 nitrogen and oxygen atoms in total. The number of carbonyl (C=O) groups is 7. The molecule has 0 aromatic heterocycles. The molecule has 8 rings (SSSR count). The highest BCUT2D eigenvalue weighted by Gasteiger charge is 2.80. The van der Waals surface area contributed by atoms with Crippen LogP contribution in [0.25, 0.3) is 0 Å². The van der Waals surface area contributed by atoms with Crippen molar-refractivity contribution in [3.63, 3.8) is 0 Å². The SMILES string of the molecule is C[C@H](CC(=O)[C@H](C)NC(=O)CCN1C(=O)C=CC1=O)C(=O)Nc1cccc(Cc2ccc(C3O[C@@H]4C[C@H]5[C@@H]6C[C@H](F)C7=CC(=O)C=C[C@]7(C)[C@@]6(F)[C@@H](O)C[C@]5(C)[C@]4(C(=O)CO)O3)cc2)c1. The maximum atomic E-state index is 17.7. The highest BCUT2D eigenvalue weighted by molar-refractivity contribution is 6.13. The monoisotopic (exact) mass is 897 g/mol. The molecule has 4 N–H and O–H groups in total. The first-order valence-electron chi connectivity index (χ1n) is 22.0. The van der Waals surface area contributed by atoms with E-state index in [0.29, 0.717) is 17.7 Å². The number of rotatable bonds is 14. The van der Waals surface area contributed by atoms with Gasteiger partial charge in [-0.05, 0) is 86.4 Å². The third-order valence-electron chi connectivity index (χ3n) is 15.1. The van der Waals surface area contributed by atoms with E-state index in [-0.39, 0.29) is 50.0 Å². The maximum Gasteiger partial charge on any atom is 0.253 e. The standard InChI is InChI=1S/C49H53F2N3O11/c1-26(18-37(57)27(2)52-41(60)15-17-54-42(61)12-13-43(54)62)44(63)53-31-7-5-6-29(20-31)19-28-8-10-30(11-9-28)45-64-40-23-33-34-22-36(50)35-21-32(56)14-16-46(35,3)48(34,51)38(58)24-47(33,4)49(40,65-45)39(59)25-55/h5-14,16,20-21,26-27,33-34,36,38,40,45,55,58H,15,17-19,22-25H2,1-4H3,(H,52,60)(H,53,63)/t26-,27+,33+,34+,36+,38+,40-,45?,46+,47+,48+,49-/m1/s1. The highest BCUT2D eigenvalue weighted by atomic mass is 19.1. The fourth-order valence-electron chi connectivity index (χ4n) is 11.6. The van der Waals surface area contributed by atoms with Gasteiger partial charge >= 0.3 is 0 Å². The van der Waals surface area contributed by atoms with Crippen LogP contribution in [0.1, 0.15) is 82.8 Å². The molecule has 65 heavy (non-hydrogen) atoms. The smallest absolute Gasteiger partial charge is 0.253 e. The van der Waals surface area contributed by atoms with Crippen molar-refractivity contribution in [2.75, 3.05) is 18.5 Å². The van der Waals surface area contributed by atoms with Crippen molar-refractivity contribution >= 4 is 46.7 Å². The van der Waals surface area contributed by atoms with Crippen LogP contribution >= 0.6 is 0 Å². The van der Waals surface area contributed by atoms with Crippen LogP contribution in [0.2, 0.25) is 0 Å². The maximum absolute atomic E-state index is 17.7. The Bertz CT molecular complexity index is 2420. The molecule has 4 fully saturated rings. The van der Waals surface area contributed by atoms with Gasteiger partial charge in [0.15, 0.2) is 34.9 Å². The lowest BCUT2D eigenvalue weighted by Crippen LogP contribution is -2.70. The van der Waals surface area contributed by atoms with E-state index in [4.69, 9.17) is 9.47 Å². The van der Waals surface area contributed by atoms with Crippen molar-refractivity contribution in [3.05, 3.63) is 101 Å². The molecule has 4 aliphatic carbocycles. The number of nitrogens with zero attached hydrogens (tertiary/aromatic N) is 1. The van der Waals surface area contributed by atoms with Gasteiger partial charge < -0.3 is 30.3 Å². The van der Waals surface area contributed by atoms with Gasteiger partial charge in [0.25, 0.3) is 11.8 Å². The van der Waals surface area contributed by atoms with Crippen molar-refractivity contribution in [1.82, 2.24) is 10.2 Å². The summed E-state index contributed by atoms with van der Waals surface area (Å²) in [7, 11) is 0. The molecule has 12 atom stereocenters. The average Bonchev–Trinajstić information content (AvgIpc) is 3.89. The molecule has 1 unspecified atom stereocenters. The predicted molar refractivity (Wildman–Crippen MR) is 229 cm³/mol. The van der Waals surface area contributed by atoms with E-state index >= 15 is 8.78 Å². The van der Waals surface area contributed by atoms with Gasteiger partial charge in [0.1, 0.15) is 12.8 Å². The van der Waals surface area contributed by atoms with E-state index in [1.165, 1.54) is 26.0 Å². The lowest BCUT2D eigenvalue weighted by molar-refractivity contribution is -0.235. The van der Waals surface area contributed by atoms with Gasteiger partial charge in [0.05, 0.1) is 18.2 Å². The van der Waals surface area contributed by atoms with Crippen LogP contribution < -0.4 is 10.6 Å². The zero-order valence-electron chi connectivity index (χ0n) is 36.6. The number of ether oxygens (including phenoxy) is 2. The summed E-state index contributed by atoms with van der Waals surface area (Å²) in [5.74, 6) is -5.85. The first-order valence-corrected chi connectivity index (χ1v) is 22.0. The Balaban J connectivity index is 0.887. The average molecular weight is 898 g/mol. The number of aliphatic hydroxyl groups is 2. The minimum atomic E-state index is -2.35. The third kappa shape index (κ3) is 7.61. The molecule has 3 saturated carbocycles. The molecule has 2 aliphatic heterocycles. The van der Waals surface area contributed by atoms with E-state index in [0.717, 1.165) is 34.3 Å². The lowest BCUT2D eigenvalue weighted by atomic mass is 9.44. The summed E-state index contributed by atoms with van der Waals surface area (Å²) < 4.78 is 46.8. The number of allylic oxidation sites excluding steroid dienone is 4. The third-order valence-corrected chi connectivity index (χ3v) is 15.1. The van der Waals surface area contributed by atoms with Crippen molar-refractivity contribution in [2.45, 2.75) is 108 Å². The summed E-state index contributed by atoms with van der Waals surface area (Å²) >= 11 is 0. The molecule has 344 valence electrons. The zero-order chi connectivity index (χ0) is 46.8. The molecular formula is C49H53F2N3O11. The highest BCUT2D eigenvalue weighted by Crippen LogP contribution is 2.72. The first kappa shape index (κ1) is 46.0. The quantitative estimate of drug-likeness (QED) is 0.197. The number of amides is 4. The van der Waals surface area contributed by atoms with Gasteiger partial charge in [-0.2, -0.15) is 0 Å². The van der Waals surface area contributed by atoms with Crippen molar-refractivity contribution in [1.29, 1.82) is 0 Å². The first-order chi connectivity index (χ1) is 30.7. The number of Topliss-reactive ketones (excluding diaryl/α,β-unsaturated/α-hetero) is 2. The number of hydrogen-bond donors (Lipinski definition) is 4. The molecule has 2 heterocycles. The Morgan fingerprint density at radius 1 is 0.954 bits per heavy atom. The Labute approximate surface area is 374 Å². The summed E-state index contributed by atoms with van der Waals surface area (Å²) in [4.78, 5) is 88.9. The number of benzene rings is 2. The largest absolute Gasteiger partial charge is 0.390 e. The predicted octanol–water partition coefficient (Wildman–Crippen LogP) is 4.27. The number of halogens is 2. The van der Waals surface area contributed by atoms with E-state index in [1.54, 1.807) is 38.1 Å². The number of ketones is 3. The molecule has 4 amide bonds. The van der Waals surface area contributed by atoms with Gasteiger partial charge in [-0.15, -0.1) is 0 Å². The van der Waals surface area contributed by atoms with E-state index in [2.05, 4.69) is 10.6 Å². The minimum Gasteiger partial charge on any atom is -0.390 e.